The van der Waals surface area contributed by atoms with Crippen molar-refractivity contribution in [2.75, 3.05) is 13.1 Å². The van der Waals surface area contributed by atoms with Crippen LogP contribution in [0.3, 0.4) is 0 Å². The molecule has 2 aromatic rings. The second-order valence-corrected chi connectivity index (χ2v) is 5.50. The molecule has 0 spiro atoms. The third-order valence-corrected chi connectivity index (χ3v) is 3.89. The fraction of sp³-hybridized carbons (Fsp3) is 0.571. The predicted octanol–water partition coefficient (Wildman–Crippen LogP) is 2.24. The van der Waals surface area contributed by atoms with Crippen LogP contribution in [0, 0.1) is 6.92 Å². The molecule has 96 valence electrons. The smallest absolute Gasteiger partial charge is 0.158 e. The molecule has 1 atom stereocenters. The van der Waals surface area contributed by atoms with Gasteiger partial charge in [0.25, 0.3) is 0 Å². The van der Waals surface area contributed by atoms with Gasteiger partial charge < -0.3 is 4.90 Å². The average Bonchev–Trinajstić information content (AvgIpc) is 2.95. The summed E-state index contributed by atoms with van der Waals surface area (Å²) in [4.78, 5) is 7.22. The minimum absolute atomic E-state index is 0.492. The fourth-order valence-corrected chi connectivity index (χ4v) is 2.70. The zero-order valence-corrected chi connectivity index (χ0v) is 11.3. The van der Waals surface area contributed by atoms with Crippen molar-refractivity contribution in [1.82, 2.24) is 19.5 Å². The van der Waals surface area contributed by atoms with Crippen molar-refractivity contribution in [3.8, 4) is 0 Å². The highest BCUT2D eigenvalue weighted by Crippen LogP contribution is 2.26. The van der Waals surface area contributed by atoms with E-state index in [1.54, 1.807) is 0 Å². The first-order valence-corrected chi connectivity index (χ1v) is 6.71. The van der Waals surface area contributed by atoms with Crippen molar-refractivity contribution in [1.29, 1.82) is 0 Å². The molecule has 18 heavy (non-hydrogen) atoms. The fourth-order valence-electron chi connectivity index (χ4n) is 2.70. The number of aryl methyl sites for hydroxylation is 1. The van der Waals surface area contributed by atoms with Gasteiger partial charge in [-0.2, -0.15) is 5.10 Å². The Morgan fingerprint density at radius 1 is 1.39 bits per heavy atom. The third-order valence-electron chi connectivity index (χ3n) is 3.89. The van der Waals surface area contributed by atoms with Crippen LogP contribution in [0.5, 0.6) is 0 Å². The lowest BCUT2D eigenvalue weighted by Crippen LogP contribution is -2.28. The van der Waals surface area contributed by atoms with E-state index in [1.165, 1.54) is 12.0 Å². The van der Waals surface area contributed by atoms with E-state index in [9.17, 15) is 0 Å². The van der Waals surface area contributed by atoms with Gasteiger partial charge in [-0.25, -0.2) is 9.50 Å². The van der Waals surface area contributed by atoms with Crippen molar-refractivity contribution in [2.24, 2.45) is 0 Å². The summed E-state index contributed by atoms with van der Waals surface area (Å²) in [7, 11) is 0. The zero-order chi connectivity index (χ0) is 12.7. The molecule has 0 aromatic carbocycles. The van der Waals surface area contributed by atoms with Crippen LogP contribution in [0.2, 0.25) is 0 Å². The van der Waals surface area contributed by atoms with Gasteiger partial charge in [0.15, 0.2) is 11.5 Å². The molecule has 2 aromatic heterocycles. The SMILES string of the molecule is Cc1cccn2nc(C3CCN(C(C)C)C3)nc12. The Bertz CT molecular complexity index is 558. The van der Waals surface area contributed by atoms with Gasteiger partial charge in [-0.1, -0.05) is 6.07 Å². The monoisotopic (exact) mass is 244 g/mol. The van der Waals surface area contributed by atoms with Crippen molar-refractivity contribution < 1.29 is 0 Å². The van der Waals surface area contributed by atoms with Gasteiger partial charge in [-0.15, -0.1) is 0 Å². The largest absolute Gasteiger partial charge is 0.300 e. The molecule has 0 amide bonds. The molecule has 1 saturated heterocycles. The van der Waals surface area contributed by atoms with Crippen LogP contribution in [0.4, 0.5) is 0 Å². The van der Waals surface area contributed by atoms with Crippen molar-refractivity contribution in [3.63, 3.8) is 0 Å². The molecular weight excluding hydrogens is 224 g/mol. The topological polar surface area (TPSA) is 33.4 Å². The van der Waals surface area contributed by atoms with Gasteiger partial charge in [0.2, 0.25) is 0 Å². The van der Waals surface area contributed by atoms with Crippen molar-refractivity contribution >= 4 is 5.65 Å². The van der Waals surface area contributed by atoms with Gasteiger partial charge in [0.05, 0.1) is 0 Å². The normalized spacial score (nSPS) is 21.2. The zero-order valence-electron chi connectivity index (χ0n) is 11.3. The first-order chi connectivity index (χ1) is 8.65. The first kappa shape index (κ1) is 11.7. The second kappa shape index (κ2) is 4.35. The molecule has 4 heteroatoms. The lowest BCUT2D eigenvalue weighted by molar-refractivity contribution is 0.272. The van der Waals surface area contributed by atoms with Crippen LogP contribution in [0.1, 0.15) is 37.6 Å². The molecule has 0 N–H and O–H groups in total. The summed E-state index contributed by atoms with van der Waals surface area (Å²) in [6.07, 6.45) is 3.15. The molecule has 3 heterocycles. The molecule has 3 rings (SSSR count). The Morgan fingerprint density at radius 3 is 2.89 bits per heavy atom. The summed E-state index contributed by atoms with van der Waals surface area (Å²) >= 11 is 0. The highest BCUT2D eigenvalue weighted by atomic mass is 15.3. The molecule has 0 bridgehead atoms. The van der Waals surface area contributed by atoms with E-state index in [2.05, 4.69) is 36.8 Å². The molecule has 1 fully saturated rings. The third kappa shape index (κ3) is 1.90. The van der Waals surface area contributed by atoms with Crippen LogP contribution >= 0.6 is 0 Å². The highest BCUT2D eigenvalue weighted by Gasteiger charge is 2.28. The quantitative estimate of drug-likeness (QED) is 0.812. The Labute approximate surface area is 108 Å². The number of pyridine rings is 1. The molecule has 0 radical (unpaired) electrons. The van der Waals surface area contributed by atoms with Gasteiger partial charge in [-0.05, 0) is 45.4 Å². The lowest BCUT2D eigenvalue weighted by atomic mass is 10.1. The predicted molar refractivity (Wildman–Crippen MR) is 71.8 cm³/mol. The summed E-state index contributed by atoms with van der Waals surface area (Å²) in [6, 6.07) is 4.73. The number of hydrogen-bond donors (Lipinski definition) is 0. The van der Waals surface area contributed by atoms with E-state index in [0.717, 1.165) is 24.6 Å². The van der Waals surface area contributed by atoms with Gasteiger partial charge in [0, 0.05) is 24.7 Å². The second-order valence-electron chi connectivity index (χ2n) is 5.50. The number of nitrogens with zero attached hydrogens (tertiary/aromatic N) is 4. The Kier molecular flexibility index (Phi) is 2.82. The van der Waals surface area contributed by atoms with E-state index in [4.69, 9.17) is 4.98 Å². The Morgan fingerprint density at radius 2 is 2.22 bits per heavy atom. The molecular formula is C14H20N4. The maximum absolute atomic E-state index is 4.71. The van der Waals surface area contributed by atoms with Crippen LogP contribution in [0.25, 0.3) is 5.65 Å². The highest BCUT2D eigenvalue weighted by molar-refractivity contribution is 5.46. The average molecular weight is 244 g/mol. The van der Waals surface area contributed by atoms with E-state index < -0.39 is 0 Å². The Hall–Kier alpha value is -1.42. The lowest BCUT2D eigenvalue weighted by Gasteiger charge is -2.19. The number of hydrogen-bond acceptors (Lipinski definition) is 3. The van der Waals surface area contributed by atoms with E-state index >= 15 is 0 Å². The summed E-state index contributed by atoms with van der Waals surface area (Å²) in [5.74, 6) is 1.50. The van der Waals surface area contributed by atoms with Crippen molar-refractivity contribution in [2.45, 2.75) is 39.2 Å². The number of aromatic nitrogens is 3. The number of fused-ring (bicyclic) bond motifs is 1. The van der Waals surface area contributed by atoms with Crippen LogP contribution < -0.4 is 0 Å². The van der Waals surface area contributed by atoms with E-state index in [1.807, 2.05) is 16.8 Å². The maximum atomic E-state index is 4.71. The van der Waals surface area contributed by atoms with Crippen LogP contribution in [-0.2, 0) is 0 Å². The van der Waals surface area contributed by atoms with Crippen LogP contribution in [0.15, 0.2) is 18.3 Å². The Balaban J connectivity index is 1.89. The van der Waals surface area contributed by atoms with E-state index in [0.29, 0.717) is 12.0 Å². The summed E-state index contributed by atoms with van der Waals surface area (Å²) in [5, 5.41) is 4.63. The summed E-state index contributed by atoms with van der Waals surface area (Å²) < 4.78 is 1.91. The van der Waals surface area contributed by atoms with Gasteiger partial charge in [0.1, 0.15) is 0 Å². The van der Waals surface area contributed by atoms with Crippen LogP contribution in [-0.4, -0.2) is 38.6 Å². The number of likely N-dealkylation sites (tertiary alicyclic amines) is 1. The molecule has 0 saturated carbocycles. The molecule has 4 nitrogen and oxygen atoms in total. The molecule has 0 aliphatic carbocycles. The maximum Gasteiger partial charge on any atom is 0.158 e. The summed E-state index contributed by atoms with van der Waals surface area (Å²) in [5.41, 5.74) is 2.19. The summed E-state index contributed by atoms with van der Waals surface area (Å²) in [6.45, 7) is 8.85. The minimum Gasteiger partial charge on any atom is -0.300 e. The standard InChI is InChI=1S/C14H20N4/c1-10(2)17-8-6-12(9-17)13-15-14-11(3)5-4-7-18(14)16-13/h4-5,7,10,12H,6,8-9H2,1-3H3. The first-order valence-electron chi connectivity index (χ1n) is 6.71. The van der Waals surface area contributed by atoms with E-state index in [-0.39, 0.29) is 0 Å². The minimum atomic E-state index is 0.492. The van der Waals surface area contributed by atoms with Gasteiger partial charge in [-0.3, -0.25) is 0 Å². The van der Waals surface area contributed by atoms with Crippen molar-refractivity contribution in [3.05, 3.63) is 29.7 Å². The molecule has 1 unspecified atom stereocenters. The van der Waals surface area contributed by atoms with Gasteiger partial charge >= 0.3 is 0 Å². The molecule has 1 aliphatic heterocycles. The molecule has 1 aliphatic rings. The number of rotatable bonds is 2.